The van der Waals surface area contributed by atoms with Crippen LogP contribution < -0.4 is 5.32 Å². The zero-order valence-corrected chi connectivity index (χ0v) is 11.3. The predicted octanol–water partition coefficient (Wildman–Crippen LogP) is 4.26. The van der Waals surface area contributed by atoms with Gasteiger partial charge in [0.2, 0.25) is 0 Å². The number of nitrogens with one attached hydrogen (secondary N) is 1. The third kappa shape index (κ3) is 2.88. The van der Waals surface area contributed by atoms with Gasteiger partial charge in [-0.15, -0.1) is 0 Å². The number of nitrogens with zero attached hydrogens (tertiary/aromatic N) is 1. The Morgan fingerprint density at radius 3 is 2.40 bits per heavy atom. The average molecular weight is 264 g/mol. The molecule has 100 valence electrons. The van der Waals surface area contributed by atoms with Crippen molar-refractivity contribution in [2.75, 3.05) is 5.32 Å². The number of hydrogen-bond acceptors (Lipinski definition) is 3. The molecule has 0 radical (unpaired) electrons. The third-order valence-corrected chi connectivity index (χ3v) is 3.22. The summed E-state index contributed by atoms with van der Waals surface area (Å²) in [7, 11) is 0. The molecule has 0 aliphatic heterocycles. The lowest BCUT2D eigenvalue weighted by atomic mass is 10.1. The van der Waals surface area contributed by atoms with E-state index in [9.17, 15) is 0 Å². The number of anilines is 1. The molecule has 0 aliphatic rings. The van der Waals surface area contributed by atoms with E-state index in [2.05, 4.69) is 41.5 Å². The molecule has 0 amide bonds. The van der Waals surface area contributed by atoms with Crippen molar-refractivity contribution in [2.24, 2.45) is 0 Å². The second-order valence-electron chi connectivity index (χ2n) is 4.78. The molecule has 20 heavy (non-hydrogen) atoms. The van der Waals surface area contributed by atoms with Gasteiger partial charge in [-0.3, -0.25) is 0 Å². The summed E-state index contributed by atoms with van der Waals surface area (Å²) in [4.78, 5) is 3.92. The van der Waals surface area contributed by atoms with E-state index < -0.39 is 0 Å². The average Bonchev–Trinajstić information content (AvgIpc) is 3.01. The molecule has 1 heterocycles. The van der Waals surface area contributed by atoms with Gasteiger partial charge in [-0.05, 0) is 36.8 Å². The topological polar surface area (TPSA) is 38.1 Å². The molecule has 1 aromatic heterocycles. The van der Waals surface area contributed by atoms with E-state index in [4.69, 9.17) is 4.42 Å². The van der Waals surface area contributed by atoms with Gasteiger partial charge in [0.25, 0.3) is 0 Å². The highest BCUT2D eigenvalue weighted by atomic mass is 16.3. The van der Waals surface area contributed by atoms with Gasteiger partial charge in [0.15, 0.2) is 12.2 Å². The molecule has 3 nitrogen and oxygen atoms in total. The Kier molecular flexibility index (Phi) is 3.50. The highest BCUT2D eigenvalue weighted by Gasteiger charge is 2.01. The van der Waals surface area contributed by atoms with Gasteiger partial charge in [0.05, 0.1) is 6.20 Å². The van der Waals surface area contributed by atoms with Crippen LogP contribution in [0.3, 0.4) is 0 Å². The van der Waals surface area contributed by atoms with Crippen LogP contribution in [0, 0.1) is 6.92 Å². The zero-order chi connectivity index (χ0) is 13.8. The lowest BCUT2D eigenvalue weighted by molar-refractivity contribution is 0.572. The number of aromatic nitrogens is 1. The molecule has 0 atom stereocenters. The largest absolute Gasteiger partial charge is 0.444 e. The summed E-state index contributed by atoms with van der Waals surface area (Å²) in [6.45, 7) is 2.92. The predicted molar refractivity (Wildman–Crippen MR) is 80.4 cm³/mol. The highest BCUT2D eigenvalue weighted by Crippen LogP contribution is 2.21. The normalized spacial score (nSPS) is 10.4. The lowest BCUT2D eigenvalue weighted by Crippen LogP contribution is -1.98. The van der Waals surface area contributed by atoms with E-state index in [-0.39, 0.29) is 0 Å². The van der Waals surface area contributed by atoms with Gasteiger partial charge in [0.1, 0.15) is 0 Å². The standard InChI is InChI=1S/C17H16N2O/c1-13-2-4-14(5-3-13)10-19-16-8-6-15(7-9-16)17-11-18-12-20-17/h2-9,11-12,19H,10H2,1H3. The Hall–Kier alpha value is -2.55. The minimum Gasteiger partial charge on any atom is -0.444 e. The monoisotopic (exact) mass is 264 g/mol. The molecule has 2 aromatic carbocycles. The molecule has 0 bridgehead atoms. The molecule has 1 N–H and O–H groups in total. The van der Waals surface area contributed by atoms with Crippen LogP contribution in [-0.4, -0.2) is 4.98 Å². The van der Waals surface area contributed by atoms with Crippen molar-refractivity contribution in [3.63, 3.8) is 0 Å². The number of oxazole rings is 1. The lowest BCUT2D eigenvalue weighted by Gasteiger charge is -2.07. The Morgan fingerprint density at radius 2 is 1.75 bits per heavy atom. The van der Waals surface area contributed by atoms with Crippen LogP contribution in [0.4, 0.5) is 5.69 Å². The second kappa shape index (κ2) is 5.61. The second-order valence-corrected chi connectivity index (χ2v) is 4.78. The first kappa shape index (κ1) is 12.5. The number of rotatable bonds is 4. The van der Waals surface area contributed by atoms with Crippen molar-refractivity contribution >= 4 is 5.69 Å². The molecule has 3 heteroatoms. The van der Waals surface area contributed by atoms with E-state index in [0.717, 1.165) is 23.6 Å². The van der Waals surface area contributed by atoms with Crippen molar-refractivity contribution < 1.29 is 4.42 Å². The Morgan fingerprint density at radius 1 is 1.00 bits per heavy atom. The summed E-state index contributed by atoms with van der Waals surface area (Å²) < 4.78 is 5.27. The van der Waals surface area contributed by atoms with Crippen molar-refractivity contribution in [3.05, 3.63) is 72.2 Å². The quantitative estimate of drug-likeness (QED) is 0.765. The molecule has 3 rings (SSSR count). The Balaban J connectivity index is 1.65. The van der Waals surface area contributed by atoms with Gasteiger partial charge >= 0.3 is 0 Å². The van der Waals surface area contributed by atoms with Crippen LogP contribution in [0.5, 0.6) is 0 Å². The highest BCUT2D eigenvalue weighted by molar-refractivity contribution is 5.60. The van der Waals surface area contributed by atoms with Crippen LogP contribution in [0.2, 0.25) is 0 Å². The third-order valence-electron chi connectivity index (χ3n) is 3.22. The van der Waals surface area contributed by atoms with Gasteiger partial charge < -0.3 is 9.73 Å². The summed E-state index contributed by atoms with van der Waals surface area (Å²) >= 11 is 0. The van der Waals surface area contributed by atoms with E-state index >= 15 is 0 Å². The fraction of sp³-hybridized carbons (Fsp3) is 0.118. The van der Waals surface area contributed by atoms with Gasteiger partial charge in [0, 0.05) is 17.8 Å². The van der Waals surface area contributed by atoms with Crippen LogP contribution in [0.15, 0.2) is 65.5 Å². The first-order valence-corrected chi connectivity index (χ1v) is 6.59. The van der Waals surface area contributed by atoms with Crippen LogP contribution in [0.25, 0.3) is 11.3 Å². The number of aryl methyl sites for hydroxylation is 1. The van der Waals surface area contributed by atoms with Crippen LogP contribution in [0.1, 0.15) is 11.1 Å². The summed E-state index contributed by atoms with van der Waals surface area (Å²) in [6.07, 6.45) is 3.16. The number of benzene rings is 2. The van der Waals surface area contributed by atoms with E-state index in [1.54, 1.807) is 6.20 Å². The molecular weight excluding hydrogens is 248 g/mol. The smallest absolute Gasteiger partial charge is 0.181 e. The van der Waals surface area contributed by atoms with Gasteiger partial charge in [-0.25, -0.2) is 4.98 Å². The molecule has 0 spiro atoms. The molecule has 3 aromatic rings. The van der Waals surface area contributed by atoms with Gasteiger partial charge in [-0.2, -0.15) is 0 Å². The summed E-state index contributed by atoms with van der Waals surface area (Å²) in [6, 6.07) is 16.7. The van der Waals surface area contributed by atoms with Crippen LogP contribution >= 0.6 is 0 Å². The maximum atomic E-state index is 5.27. The van der Waals surface area contributed by atoms with Crippen molar-refractivity contribution in [1.29, 1.82) is 0 Å². The van der Waals surface area contributed by atoms with E-state index in [0.29, 0.717) is 0 Å². The summed E-state index contributed by atoms with van der Waals surface area (Å²) in [5, 5.41) is 3.41. The van der Waals surface area contributed by atoms with Gasteiger partial charge in [-0.1, -0.05) is 29.8 Å². The molecular formula is C17H16N2O. The van der Waals surface area contributed by atoms with E-state index in [1.165, 1.54) is 17.5 Å². The zero-order valence-electron chi connectivity index (χ0n) is 11.3. The maximum absolute atomic E-state index is 5.27. The maximum Gasteiger partial charge on any atom is 0.181 e. The number of hydrogen-bond donors (Lipinski definition) is 1. The molecule has 0 saturated carbocycles. The summed E-state index contributed by atoms with van der Waals surface area (Å²) in [5.41, 5.74) is 4.68. The SMILES string of the molecule is Cc1ccc(CNc2ccc(-c3cnco3)cc2)cc1. The first-order valence-electron chi connectivity index (χ1n) is 6.59. The Labute approximate surface area is 118 Å². The van der Waals surface area contributed by atoms with Crippen molar-refractivity contribution in [2.45, 2.75) is 13.5 Å². The molecule has 0 fully saturated rings. The van der Waals surface area contributed by atoms with Crippen molar-refractivity contribution in [1.82, 2.24) is 4.98 Å². The minimum atomic E-state index is 0.787. The fourth-order valence-corrected chi connectivity index (χ4v) is 2.02. The fourth-order valence-electron chi connectivity index (χ4n) is 2.02. The first-order chi connectivity index (χ1) is 9.81. The molecule has 0 unspecified atom stereocenters. The minimum absolute atomic E-state index is 0.787. The summed E-state index contributed by atoms with van der Waals surface area (Å²) in [5.74, 6) is 0.787. The van der Waals surface area contributed by atoms with Crippen molar-refractivity contribution in [3.8, 4) is 11.3 Å². The molecule has 0 saturated heterocycles. The molecule has 0 aliphatic carbocycles. The van der Waals surface area contributed by atoms with E-state index in [1.807, 2.05) is 24.3 Å². The van der Waals surface area contributed by atoms with Crippen LogP contribution in [-0.2, 0) is 6.54 Å². The Bertz CT molecular complexity index is 655.